The molecule has 1 atom stereocenters. The minimum absolute atomic E-state index is 0.233. The molecule has 1 heterocycles. The smallest absolute Gasteiger partial charge is 0.339 e. The summed E-state index contributed by atoms with van der Waals surface area (Å²) in [6.07, 6.45) is 8.38. The minimum atomic E-state index is -0.783. The number of amides is 1. The lowest BCUT2D eigenvalue weighted by molar-refractivity contribution is -0.129. The van der Waals surface area contributed by atoms with Gasteiger partial charge in [-0.3, -0.25) is 9.78 Å². The second-order valence-corrected chi connectivity index (χ2v) is 5.53. The van der Waals surface area contributed by atoms with Crippen molar-refractivity contribution in [3.05, 3.63) is 30.1 Å². The summed E-state index contributed by atoms with van der Waals surface area (Å²) in [5, 5.41) is 2.88. The van der Waals surface area contributed by atoms with Crippen LogP contribution in [0.2, 0.25) is 0 Å². The molecule has 2 rings (SSSR count). The van der Waals surface area contributed by atoms with Crippen LogP contribution in [0.3, 0.4) is 0 Å². The van der Waals surface area contributed by atoms with Crippen molar-refractivity contribution in [3.63, 3.8) is 0 Å². The maximum Gasteiger partial charge on any atom is 0.339 e. The molecule has 1 aromatic rings. The monoisotopic (exact) mass is 290 g/mol. The Labute approximate surface area is 125 Å². The number of ether oxygens (including phenoxy) is 1. The van der Waals surface area contributed by atoms with Gasteiger partial charge in [0, 0.05) is 18.9 Å². The molecule has 0 aromatic carbocycles. The average Bonchev–Trinajstić information content (AvgIpc) is 2.54. The first-order chi connectivity index (χ1) is 10.2. The van der Waals surface area contributed by atoms with E-state index in [-0.39, 0.29) is 5.91 Å². The quantitative estimate of drug-likeness (QED) is 0.845. The van der Waals surface area contributed by atoms with Crippen LogP contribution in [0.5, 0.6) is 0 Å². The Morgan fingerprint density at radius 2 is 1.95 bits per heavy atom. The Kier molecular flexibility index (Phi) is 5.72. The third-order valence-corrected chi connectivity index (χ3v) is 3.86. The summed E-state index contributed by atoms with van der Waals surface area (Å²) in [4.78, 5) is 27.6. The molecule has 0 spiro atoms. The van der Waals surface area contributed by atoms with Gasteiger partial charge in [0.15, 0.2) is 6.10 Å². The Bertz CT molecular complexity index is 470. The lowest BCUT2D eigenvalue weighted by atomic mass is 9.89. The molecule has 1 aromatic heterocycles. The molecule has 0 bridgehead atoms. The number of aromatic nitrogens is 1. The zero-order valence-electron chi connectivity index (χ0n) is 12.4. The highest BCUT2D eigenvalue weighted by atomic mass is 16.5. The largest absolute Gasteiger partial charge is 0.449 e. The lowest BCUT2D eigenvalue weighted by Crippen LogP contribution is -2.38. The van der Waals surface area contributed by atoms with Crippen molar-refractivity contribution in [2.24, 2.45) is 5.92 Å². The van der Waals surface area contributed by atoms with Crippen LogP contribution >= 0.6 is 0 Å². The highest BCUT2D eigenvalue weighted by Crippen LogP contribution is 2.22. The van der Waals surface area contributed by atoms with E-state index in [1.165, 1.54) is 44.5 Å². The molecule has 1 N–H and O–H groups in total. The molecular formula is C16H22N2O3. The molecule has 0 unspecified atom stereocenters. The summed E-state index contributed by atoms with van der Waals surface area (Å²) in [7, 11) is 0. The first-order valence-corrected chi connectivity index (χ1v) is 7.55. The van der Waals surface area contributed by atoms with Crippen LogP contribution in [-0.2, 0) is 9.53 Å². The van der Waals surface area contributed by atoms with E-state index in [0.29, 0.717) is 18.0 Å². The van der Waals surface area contributed by atoms with Crippen LogP contribution in [0.25, 0.3) is 0 Å². The second kappa shape index (κ2) is 7.76. The fourth-order valence-electron chi connectivity index (χ4n) is 2.55. The normalized spacial score (nSPS) is 17.0. The number of hydrogen-bond acceptors (Lipinski definition) is 4. The summed E-state index contributed by atoms with van der Waals surface area (Å²) < 4.78 is 5.16. The summed E-state index contributed by atoms with van der Waals surface area (Å²) in [6.45, 7) is 2.27. The van der Waals surface area contributed by atoms with Crippen molar-refractivity contribution in [3.8, 4) is 0 Å². The molecule has 1 aliphatic carbocycles. The highest BCUT2D eigenvalue weighted by Gasteiger charge is 2.20. The summed E-state index contributed by atoms with van der Waals surface area (Å²) in [6, 6.07) is 3.13. The van der Waals surface area contributed by atoms with Gasteiger partial charge in [-0.2, -0.15) is 0 Å². The number of esters is 1. The van der Waals surface area contributed by atoms with Crippen molar-refractivity contribution in [2.75, 3.05) is 6.54 Å². The molecule has 114 valence electrons. The van der Waals surface area contributed by atoms with Gasteiger partial charge in [0.25, 0.3) is 5.91 Å². The maximum atomic E-state index is 12.0. The predicted octanol–water partition coefficient (Wildman–Crippen LogP) is 2.32. The van der Waals surface area contributed by atoms with Gasteiger partial charge in [-0.05, 0) is 37.8 Å². The maximum absolute atomic E-state index is 12.0. The molecule has 0 aliphatic heterocycles. The molecular weight excluding hydrogens is 268 g/mol. The van der Waals surface area contributed by atoms with E-state index in [4.69, 9.17) is 4.74 Å². The fourth-order valence-corrected chi connectivity index (χ4v) is 2.55. The number of nitrogens with zero attached hydrogens (tertiary/aromatic N) is 1. The molecule has 1 saturated carbocycles. The zero-order valence-corrected chi connectivity index (χ0v) is 12.4. The van der Waals surface area contributed by atoms with Crippen LogP contribution in [-0.4, -0.2) is 29.5 Å². The first kappa shape index (κ1) is 15.5. The van der Waals surface area contributed by atoms with Gasteiger partial charge in [0.1, 0.15) is 0 Å². The number of carbonyl (C=O) groups is 2. The third-order valence-electron chi connectivity index (χ3n) is 3.86. The van der Waals surface area contributed by atoms with Gasteiger partial charge in [-0.1, -0.05) is 19.3 Å². The Morgan fingerprint density at radius 1 is 1.29 bits per heavy atom. The van der Waals surface area contributed by atoms with Crippen LogP contribution in [0.15, 0.2) is 24.5 Å². The van der Waals surface area contributed by atoms with Crippen molar-refractivity contribution in [2.45, 2.75) is 45.1 Å². The number of rotatable bonds is 5. The van der Waals surface area contributed by atoms with E-state index in [1.807, 2.05) is 0 Å². The van der Waals surface area contributed by atoms with E-state index in [9.17, 15) is 9.59 Å². The number of hydrogen-bond donors (Lipinski definition) is 1. The summed E-state index contributed by atoms with van der Waals surface area (Å²) in [5.74, 6) is -0.175. The fraction of sp³-hybridized carbons (Fsp3) is 0.562. The molecule has 1 aliphatic rings. The van der Waals surface area contributed by atoms with Gasteiger partial charge in [0.2, 0.25) is 0 Å². The third kappa shape index (κ3) is 4.85. The number of carbonyl (C=O) groups excluding carboxylic acids is 2. The molecule has 5 heteroatoms. The number of nitrogens with one attached hydrogen (secondary N) is 1. The molecule has 21 heavy (non-hydrogen) atoms. The number of pyridine rings is 1. The molecule has 1 amide bonds. The minimum Gasteiger partial charge on any atom is -0.449 e. The van der Waals surface area contributed by atoms with Gasteiger partial charge < -0.3 is 10.1 Å². The van der Waals surface area contributed by atoms with Crippen LogP contribution in [0.4, 0.5) is 0 Å². The molecule has 0 radical (unpaired) electrons. The second-order valence-electron chi connectivity index (χ2n) is 5.53. The standard InChI is InChI=1S/C16H22N2O3/c1-12(21-16(20)14-7-9-17-10-8-14)15(19)18-11-13-5-3-2-4-6-13/h7-10,12-13H,2-6,11H2,1H3,(H,18,19)/t12-/m0/s1. The van der Waals surface area contributed by atoms with Crippen LogP contribution in [0, 0.1) is 5.92 Å². The molecule has 5 nitrogen and oxygen atoms in total. The van der Waals surface area contributed by atoms with Crippen molar-refractivity contribution < 1.29 is 14.3 Å². The van der Waals surface area contributed by atoms with Gasteiger partial charge in [0.05, 0.1) is 5.56 Å². The summed E-state index contributed by atoms with van der Waals surface area (Å²) >= 11 is 0. The molecule has 1 fully saturated rings. The summed E-state index contributed by atoms with van der Waals surface area (Å²) in [5.41, 5.74) is 0.400. The lowest BCUT2D eigenvalue weighted by Gasteiger charge is -2.22. The SMILES string of the molecule is C[C@H](OC(=O)c1ccncc1)C(=O)NCC1CCCCC1. The van der Waals surface area contributed by atoms with Crippen LogP contribution in [0.1, 0.15) is 49.4 Å². The van der Waals surface area contributed by atoms with E-state index in [1.54, 1.807) is 19.1 Å². The van der Waals surface area contributed by atoms with Crippen molar-refractivity contribution in [1.82, 2.24) is 10.3 Å². The topological polar surface area (TPSA) is 68.3 Å². The van der Waals surface area contributed by atoms with E-state index < -0.39 is 12.1 Å². The van der Waals surface area contributed by atoms with E-state index in [2.05, 4.69) is 10.3 Å². The van der Waals surface area contributed by atoms with Gasteiger partial charge >= 0.3 is 5.97 Å². The van der Waals surface area contributed by atoms with Crippen molar-refractivity contribution >= 4 is 11.9 Å². The van der Waals surface area contributed by atoms with Gasteiger partial charge in [-0.25, -0.2) is 4.79 Å². The molecule has 0 saturated heterocycles. The van der Waals surface area contributed by atoms with Gasteiger partial charge in [-0.15, -0.1) is 0 Å². The Hall–Kier alpha value is -1.91. The first-order valence-electron chi connectivity index (χ1n) is 7.55. The highest BCUT2D eigenvalue weighted by molar-refractivity contribution is 5.92. The van der Waals surface area contributed by atoms with Crippen molar-refractivity contribution in [1.29, 1.82) is 0 Å². The Balaban J connectivity index is 1.75. The Morgan fingerprint density at radius 3 is 2.62 bits per heavy atom. The van der Waals surface area contributed by atoms with E-state index in [0.717, 1.165) is 0 Å². The predicted molar refractivity (Wildman–Crippen MR) is 78.7 cm³/mol. The average molecular weight is 290 g/mol. The van der Waals surface area contributed by atoms with E-state index >= 15 is 0 Å². The van der Waals surface area contributed by atoms with Crippen LogP contribution < -0.4 is 5.32 Å². The zero-order chi connectivity index (χ0) is 15.1.